The first kappa shape index (κ1) is 30.7. The summed E-state index contributed by atoms with van der Waals surface area (Å²) < 4.78 is 60.5. The fourth-order valence-corrected chi connectivity index (χ4v) is 7.88. The minimum absolute atomic E-state index is 0.0185. The summed E-state index contributed by atoms with van der Waals surface area (Å²) in [6.45, 7) is 21.4. The van der Waals surface area contributed by atoms with Crippen molar-refractivity contribution in [1.82, 2.24) is 4.98 Å². The van der Waals surface area contributed by atoms with E-state index >= 15 is 0 Å². The second-order valence-corrected chi connectivity index (χ2v) is 19.7. The SMILES string of the molecule is CC(C)c1nc2c(c3c1[C@@H](c1ccc(C(F)(F)F)cc1)OC31CCOCC1)C(O[Si](C)(C)C(C)(C)C)CC(C)(C)C2. The van der Waals surface area contributed by atoms with E-state index in [9.17, 15) is 13.2 Å². The largest absolute Gasteiger partial charge is 0.416 e. The van der Waals surface area contributed by atoms with Gasteiger partial charge in [0, 0.05) is 48.6 Å². The minimum atomic E-state index is -4.39. The smallest absolute Gasteiger partial charge is 0.410 e. The van der Waals surface area contributed by atoms with Crippen LogP contribution >= 0.6 is 0 Å². The van der Waals surface area contributed by atoms with Crippen LogP contribution < -0.4 is 0 Å². The molecular formula is C33H46F3NO3Si. The number of pyridine rings is 1. The van der Waals surface area contributed by atoms with Crippen LogP contribution in [0.15, 0.2) is 24.3 Å². The molecule has 8 heteroatoms. The van der Waals surface area contributed by atoms with Crippen molar-refractivity contribution >= 4 is 8.32 Å². The van der Waals surface area contributed by atoms with Crippen LogP contribution in [0.2, 0.25) is 18.1 Å². The number of nitrogens with zero attached hydrogens (tertiary/aromatic N) is 1. The van der Waals surface area contributed by atoms with Crippen molar-refractivity contribution in [3.05, 3.63) is 63.5 Å². The van der Waals surface area contributed by atoms with Gasteiger partial charge in [0.25, 0.3) is 0 Å². The first-order chi connectivity index (χ1) is 18.9. The van der Waals surface area contributed by atoms with E-state index in [-0.39, 0.29) is 22.5 Å². The molecule has 1 spiro atoms. The van der Waals surface area contributed by atoms with Gasteiger partial charge in [0.15, 0.2) is 8.32 Å². The molecule has 1 aromatic heterocycles. The Morgan fingerprint density at radius 2 is 1.61 bits per heavy atom. The molecule has 5 rings (SSSR count). The number of ether oxygens (including phenoxy) is 2. The highest BCUT2D eigenvalue weighted by atomic mass is 28.4. The first-order valence-corrected chi connectivity index (χ1v) is 17.9. The van der Waals surface area contributed by atoms with Crippen LogP contribution in [0.25, 0.3) is 0 Å². The highest BCUT2D eigenvalue weighted by Crippen LogP contribution is 2.59. The van der Waals surface area contributed by atoms with E-state index in [1.165, 1.54) is 23.3 Å². The molecule has 2 atom stereocenters. The van der Waals surface area contributed by atoms with Crippen molar-refractivity contribution < 1.29 is 27.1 Å². The van der Waals surface area contributed by atoms with E-state index < -0.39 is 31.8 Å². The molecule has 0 amide bonds. The van der Waals surface area contributed by atoms with Gasteiger partial charge in [-0.15, -0.1) is 0 Å². The summed E-state index contributed by atoms with van der Waals surface area (Å²) >= 11 is 0. The fraction of sp³-hybridized carbons (Fsp3) is 0.667. The zero-order valence-corrected chi connectivity index (χ0v) is 27.1. The van der Waals surface area contributed by atoms with E-state index in [4.69, 9.17) is 18.9 Å². The molecule has 1 aliphatic carbocycles. The third-order valence-electron chi connectivity index (χ3n) is 9.78. The molecular weight excluding hydrogens is 543 g/mol. The zero-order chi connectivity index (χ0) is 30.2. The summed E-state index contributed by atoms with van der Waals surface area (Å²) in [6, 6.07) is 5.48. The van der Waals surface area contributed by atoms with Gasteiger partial charge in [-0.25, -0.2) is 0 Å². The van der Waals surface area contributed by atoms with Gasteiger partial charge < -0.3 is 13.9 Å². The van der Waals surface area contributed by atoms with Crippen LogP contribution in [0, 0.1) is 5.41 Å². The van der Waals surface area contributed by atoms with Crippen LogP contribution in [0.5, 0.6) is 0 Å². The number of aromatic nitrogens is 1. The number of halogens is 3. The maximum Gasteiger partial charge on any atom is 0.416 e. The predicted molar refractivity (Wildman–Crippen MR) is 158 cm³/mol. The van der Waals surface area contributed by atoms with E-state index in [1.54, 1.807) is 12.1 Å². The molecule has 1 unspecified atom stereocenters. The Labute approximate surface area is 244 Å². The van der Waals surface area contributed by atoms with Crippen LogP contribution in [0.1, 0.15) is 125 Å². The maximum absolute atomic E-state index is 13.4. The summed E-state index contributed by atoms with van der Waals surface area (Å²) in [4.78, 5) is 5.38. The summed E-state index contributed by atoms with van der Waals surface area (Å²) in [5.74, 6) is 0.120. The van der Waals surface area contributed by atoms with E-state index in [2.05, 4.69) is 61.6 Å². The van der Waals surface area contributed by atoms with Gasteiger partial charge in [-0.1, -0.05) is 60.6 Å². The molecule has 1 fully saturated rings. The molecule has 1 aromatic carbocycles. The quantitative estimate of drug-likeness (QED) is 0.333. The van der Waals surface area contributed by atoms with Gasteiger partial charge in [0.05, 0.1) is 17.3 Å². The lowest BCUT2D eigenvalue weighted by molar-refractivity contribution is -0.137. The zero-order valence-electron chi connectivity index (χ0n) is 26.1. The normalized spacial score (nSPS) is 24.0. The molecule has 1 saturated heterocycles. The highest BCUT2D eigenvalue weighted by molar-refractivity contribution is 6.74. The molecule has 2 aliphatic heterocycles. The average molecular weight is 590 g/mol. The number of alkyl halides is 3. The van der Waals surface area contributed by atoms with Gasteiger partial charge in [-0.2, -0.15) is 13.2 Å². The Morgan fingerprint density at radius 1 is 1.00 bits per heavy atom. The number of hydrogen-bond acceptors (Lipinski definition) is 4. The topological polar surface area (TPSA) is 40.6 Å². The molecule has 0 N–H and O–H groups in total. The molecule has 0 saturated carbocycles. The van der Waals surface area contributed by atoms with Crippen LogP contribution in [0.3, 0.4) is 0 Å². The fourth-order valence-electron chi connectivity index (χ4n) is 6.62. The van der Waals surface area contributed by atoms with Crippen molar-refractivity contribution in [2.75, 3.05) is 13.2 Å². The minimum Gasteiger partial charge on any atom is -0.410 e. The number of fused-ring (bicyclic) bond motifs is 4. The molecule has 0 bridgehead atoms. The molecule has 3 heterocycles. The van der Waals surface area contributed by atoms with Crippen LogP contribution in [-0.2, 0) is 32.1 Å². The Balaban J connectivity index is 1.76. The molecule has 41 heavy (non-hydrogen) atoms. The van der Waals surface area contributed by atoms with Gasteiger partial charge in [-0.05, 0) is 65.6 Å². The lowest BCUT2D eigenvalue weighted by Crippen LogP contribution is -2.45. The first-order valence-electron chi connectivity index (χ1n) is 15.0. The van der Waals surface area contributed by atoms with E-state index in [1.807, 2.05) is 0 Å². The summed E-state index contributed by atoms with van der Waals surface area (Å²) in [6.07, 6.45) is -1.87. The third-order valence-corrected chi connectivity index (χ3v) is 14.3. The lowest BCUT2D eigenvalue weighted by Gasteiger charge is -2.46. The second-order valence-electron chi connectivity index (χ2n) is 14.9. The van der Waals surface area contributed by atoms with Gasteiger partial charge in [0.1, 0.15) is 6.10 Å². The molecule has 3 aliphatic rings. The molecule has 226 valence electrons. The summed E-state index contributed by atoms with van der Waals surface area (Å²) in [5.41, 5.74) is 4.96. The van der Waals surface area contributed by atoms with Gasteiger partial charge >= 0.3 is 6.18 Å². The van der Waals surface area contributed by atoms with Crippen molar-refractivity contribution in [3.63, 3.8) is 0 Å². The second kappa shape index (κ2) is 10.2. The summed E-state index contributed by atoms with van der Waals surface area (Å²) in [5, 5.41) is 0.0405. The molecule has 0 radical (unpaired) electrons. The van der Waals surface area contributed by atoms with Crippen LogP contribution in [0.4, 0.5) is 13.2 Å². The standard InChI is InChI=1S/C33H46F3NO3Si/c1-20(2)28-26-27(25-23(37-28)18-31(6,7)19-24(25)40-41(8,9)30(3,4)5)32(14-16-38-17-15-32)39-29(26)21-10-12-22(13-11-21)33(34,35)36/h10-13,20,24,29H,14-19H2,1-9H3/t24?,29-/m1/s1. The summed E-state index contributed by atoms with van der Waals surface area (Å²) in [7, 11) is -2.16. The van der Waals surface area contributed by atoms with Crippen molar-refractivity contribution in [3.8, 4) is 0 Å². The van der Waals surface area contributed by atoms with Crippen molar-refractivity contribution in [2.45, 2.75) is 122 Å². The van der Waals surface area contributed by atoms with E-state index in [0.29, 0.717) is 26.1 Å². The van der Waals surface area contributed by atoms with E-state index in [0.717, 1.165) is 35.4 Å². The predicted octanol–water partition coefficient (Wildman–Crippen LogP) is 9.38. The maximum atomic E-state index is 13.4. The highest BCUT2D eigenvalue weighted by Gasteiger charge is 2.53. The monoisotopic (exact) mass is 589 g/mol. The molecule has 2 aromatic rings. The van der Waals surface area contributed by atoms with Gasteiger partial charge in [0.2, 0.25) is 0 Å². The number of rotatable bonds is 4. The Bertz CT molecular complexity index is 1290. The Hall–Kier alpha value is -1.74. The van der Waals surface area contributed by atoms with Crippen LogP contribution in [-0.4, -0.2) is 26.5 Å². The van der Waals surface area contributed by atoms with Crippen molar-refractivity contribution in [1.29, 1.82) is 0 Å². The number of hydrogen-bond donors (Lipinski definition) is 0. The lowest BCUT2D eigenvalue weighted by atomic mass is 9.70. The number of benzene rings is 1. The van der Waals surface area contributed by atoms with Crippen molar-refractivity contribution in [2.24, 2.45) is 5.41 Å². The third kappa shape index (κ3) is 5.54. The molecule has 4 nitrogen and oxygen atoms in total. The average Bonchev–Trinajstić information content (AvgIpc) is 3.15. The van der Waals surface area contributed by atoms with Gasteiger partial charge in [-0.3, -0.25) is 4.98 Å². The Morgan fingerprint density at radius 3 is 2.15 bits per heavy atom. The Kier molecular flexibility index (Phi) is 7.62.